The highest BCUT2D eigenvalue weighted by molar-refractivity contribution is 5.76. The molecule has 0 atom stereocenters. The van der Waals surface area contributed by atoms with Crippen LogP contribution in [0.15, 0.2) is 0 Å². The van der Waals surface area contributed by atoms with Crippen LogP contribution in [0.5, 0.6) is 0 Å². The molecular formula is C11H22N2O4. The number of nitrogens with one attached hydrogen (secondary N) is 2. The summed E-state index contributed by atoms with van der Waals surface area (Å²) in [7, 11) is 1.58. The molecule has 0 aromatic heterocycles. The van der Waals surface area contributed by atoms with E-state index in [0.29, 0.717) is 26.1 Å². The molecule has 0 bridgehead atoms. The van der Waals surface area contributed by atoms with Gasteiger partial charge in [-0.2, -0.15) is 0 Å². The fourth-order valence-corrected chi connectivity index (χ4v) is 1.08. The number of hydrogen-bond donors (Lipinski definition) is 2. The van der Waals surface area contributed by atoms with Gasteiger partial charge in [-0.1, -0.05) is 0 Å². The Morgan fingerprint density at radius 3 is 2.53 bits per heavy atom. The number of methoxy groups -OCH3 is 1. The number of carbonyl (C=O) groups is 2. The SMILES string of the molecule is COCCNC(=O)CCNCC(=O)OC(C)C. The van der Waals surface area contributed by atoms with Crippen LogP contribution in [0.3, 0.4) is 0 Å². The Kier molecular flexibility index (Phi) is 9.37. The Morgan fingerprint density at radius 1 is 1.24 bits per heavy atom. The Morgan fingerprint density at radius 2 is 1.94 bits per heavy atom. The Balaban J connectivity index is 3.38. The van der Waals surface area contributed by atoms with Gasteiger partial charge < -0.3 is 20.1 Å². The number of carbonyl (C=O) groups excluding carboxylic acids is 2. The first-order chi connectivity index (χ1) is 8.06. The van der Waals surface area contributed by atoms with E-state index in [4.69, 9.17) is 9.47 Å². The maximum atomic E-state index is 11.2. The van der Waals surface area contributed by atoms with E-state index in [9.17, 15) is 9.59 Å². The zero-order valence-corrected chi connectivity index (χ0v) is 10.7. The minimum Gasteiger partial charge on any atom is -0.462 e. The summed E-state index contributed by atoms with van der Waals surface area (Å²) >= 11 is 0. The van der Waals surface area contributed by atoms with E-state index in [1.807, 2.05) is 0 Å². The summed E-state index contributed by atoms with van der Waals surface area (Å²) in [6.07, 6.45) is 0.222. The summed E-state index contributed by atoms with van der Waals surface area (Å²) < 4.78 is 9.71. The largest absolute Gasteiger partial charge is 0.462 e. The summed E-state index contributed by atoms with van der Waals surface area (Å²) in [6, 6.07) is 0. The molecule has 17 heavy (non-hydrogen) atoms. The van der Waals surface area contributed by atoms with Crippen LogP contribution < -0.4 is 10.6 Å². The molecule has 0 radical (unpaired) electrons. The molecular weight excluding hydrogens is 224 g/mol. The van der Waals surface area contributed by atoms with E-state index in [0.717, 1.165) is 0 Å². The molecule has 100 valence electrons. The molecule has 0 fully saturated rings. The second-order valence-electron chi connectivity index (χ2n) is 3.81. The van der Waals surface area contributed by atoms with Gasteiger partial charge >= 0.3 is 5.97 Å². The van der Waals surface area contributed by atoms with Crippen molar-refractivity contribution >= 4 is 11.9 Å². The summed E-state index contributed by atoms with van der Waals surface area (Å²) in [4.78, 5) is 22.3. The van der Waals surface area contributed by atoms with Crippen molar-refractivity contribution in [2.75, 3.05) is 33.4 Å². The minimum absolute atomic E-state index is 0.0632. The van der Waals surface area contributed by atoms with Gasteiger partial charge in [0.05, 0.1) is 19.3 Å². The molecule has 2 N–H and O–H groups in total. The van der Waals surface area contributed by atoms with Crippen LogP contribution in [0.25, 0.3) is 0 Å². The zero-order chi connectivity index (χ0) is 13.1. The van der Waals surface area contributed by atoms with Crippen LogP contribution in [0, 0.1) is 0 Å². The standard InChI is InChI=1S/C11H22N2O4/c1-9(2)17-11(15)8-12-5-4-10(14)13-6-7-16-3/h9,12H,4-8H2,1-3H3,(H,13,14). The molecule has 1 amide bonds. The van der Waals surface area contributed by atoms with Crippen molar-refractivity contribution in [3.63, 3.8) is 0 Å². The van der Waals surface area contributed by atoms with E-state index in [1.54, 1.807) is 21.0 Å². The minimum atomic E-state index is -0.306. The van der Waals surface area contributed by atoms with Crippen molar-refractivity contribution in [1.82, 2.24) is 10.6 Å². The second-order valence-corrected chi connectivity index (χ2v) is 3.81. The fraction of sp³-hybridized carbons (Fsp3) is 0.818. The molecule has 0 rings (SSSR count). The monoisotopic (exact) mass is 246 g/mol. The Bertz CT molecular complexity index is 232. The summed E-state index contributed by atoms with van der Waals surface area (Å²) in [6.45, 7) is 5.17. The van der Waals surface area contributed by atoms with Crippen LogP contribution in [0.1, 0.15) is 20.3 Å². The average Bonchev–Trinajstić information content (AvgIpc) is 2.24. The molecule has 0 saturated carbocycles. The predicted molar refractivity (Wildman–Crippen MR) is 63.6 cm³/mol. The smallest absolute Gasteiger partial charge is 0.320 e. The van der Waals surface area contributed by atoms with Crippen LogP contribution in [0.2, 0.25) is 0 Å². The number of hydrogen-bond acceptors (Lipinski definition) is 5. The van der Waals surface area contributed by atoms with E-state index in [1.165, 1.54) is 0 Å². The molecule has 0 aliphatic heterocycles. The second kappa shape index (κ2) is 10.0. The first-order valence-electron chi connectivity index (χ1n) is 5.72. The summed E-state index contributed by atoms with van der Waals surface area (Å²) in [5, 5.41) is 5.53. The van der Waals surface area contributed by atoms with Gasteiger partial charge in [-0.15, -0.1) is 0 Å². The van der Waals surface area contributed by atoms with E-state index in [-0.39, 0.29) is 24.5 Å². The molecule has 6 nitrogen and oxygen atoms in total. The van der Waals surface area contributed by atoms with Gasteiger partial charge in [0.25, 0.3) is 0 Å². The van der Waals surface area contributed by atoms with Gasteiger partial charge in [0.1, 0.15) is 0 Å². The van der Waals surface area contributed by atoms with Crippen molar-refractivity contribution in [1.29, 1.82) is 0 Å². The number of amides is 1. The Labute approximate surface area is 102 Å². The Hall–Kier alpha value is -1.14. The first kappa shape index (κ1) is 15.9. The molecule has 0 aromatic rings. The lowest BCUT2D eigenvalue weighted by molar-refractivity contribution is -0.146. The third-order valence-electron chi connectivity index (χ3n) is 1.79. The molecule has 0 saturated heterocycles. The zero-order valence-electron chi connectivity index (χ0n) is 10.7. The van der Waals surface area contributed by atoms with Gasteiger partial charge in [0.2, 0.25) is 5.91 Å². The van der Waals surface area contributed by atoms with E-state index >= 15 is 0 Å². The molecule has 0 aromatic carbocycles. The number of ether oxygens (including phenoxy) is 2. The third-order valence-corrected chi connectivity index (χ3v) is 1.79. The lowest BCUT2D eigenvalue weighted by Gasteiger charge is -2.08. The van der Waals surface area contributed by atoms with Gasteiger partial charge in [-0.3, -0.25) is 9.59 Å². The van der Waals surface area contributed by atoms with Gasteiger partial charge in [-0.05, 0) is 13.8 Å². The average molecular weight is 246 g/mol. The molecule has 0 unspecified atom stereocenters. The highest BCUT2D eigenvalue weighted by Gasteiger charge is 2.05. The molecule has 6 heteroatoms. The third kappa shape index (κ3) is 11.1. The predicted octanol–water partition coefficient (Wildman–Crippen LogP) is -0.320. The highest BCUT2D eigenvalue weighted by Crippen LogP contribution is 1.87. The van der Waals surface area contributed by atoms with Crippen molar-refractivity contribution < 1.29 is 19.1 Å². The van der Waals surface area contributed by atoms with Crippen LogP contribution in [-0.2, 0) is 19.1 Å². The van der Waals surface area contributed by atoms with Crippen LogP contribution >= 0.6 is 0 Å². The lowest BCUT2D eigenvalue weighted by atomic mass is 10.4. The van der Waals surface area contributed by atoms with Crippen molar-refractivity contribution in [2.24, 2.45) is 0 Å². The van der Waals surface area contributed by atoms with Crippen molar-refractivity contribution in [3.8, 4) is 0 Å². The molecule has 0 aliphatic rings. The number of esters is 1. The summed E-state index contributed by atoms with van der Waals surface area (Å²) in [5.41, 5.74) is 0. The van der Waals surface area contributed by atoms with Crippen LogP contribution in [0.4, 0.5) is 0 Å². The van der Waals surface area contributed by atoms with E-state index in [2.05, 4.69) is 10.6 Å². The molecule has 0 heterocycles. The van der Waals surface area contributed by atoms with Gasteiger partial charge in [0.15, 0.2) is 0 Å². The summed E-state index contributed by atoms with van der Waals surface area (Å²) in [5.74, 6) is -0.369. The topological polar surface area (TPSA) is 76.7 Å². The first-order valence-corrected chi connectivity index (χ1v) is 5.72. The fourth-order valence-electron chi connectivity index (χ4n) is 1.08. The quantitative estimate of drug-likeness (QED) is 0.431. The number of rotatable bonds is 9. The maximum Gasteiger partial charge on any atom is 0.320 e. The van der Waals surface area contributed by atoms with Gasteiger partial charge in [0, 0.05) is 26.6 Å². The normalized spacial score (nSPS) is 10.4. The molecule has 0 spiro atoms. The molecule has 0 aliphatic carbocycles. The maximum absolute atomic E-state index is 11.2. The van der Waals surface area contributed by atoms with Crippen LogP contribution in [-0.4, -0.2) is 51.3 Å². The van der Waals surface area contributed by atoms with E-state index < -0.39 is 0 Å². The lowest BCUT2D eigenvalue weighted by Crippen LogP contribution is -2.32. The van der Waals surface area contributed by atoms with Crippen molar-refractivity contribution in [3.05, 3.63) is 0 Å². The highest BCUT2D eigenvalue weighted by atomic mass is 16.5. The van der Waals surface area contributed by atoms with Crippen molar-refractivity contribution in [2.45, 2.75) is 26.4 Å². The van der Waals surface area contributed by atoms with Gasteiger partial charge in [-0.25, -0.2) is 0 Å².